The predicted octanol–water partition coefficient (Wildman–Crippen LogP) is 3.52. The molecule has 0 N–H and O–H groups in total. The van der Waals surface area contributed by atoms with Crippen LogP contribution in [0, 0.1) is 6.92 Å². The largest absolute Gasteiger partial charge is 0.338 e. The normalized spacial score (nSPS) is 16.3. The maximum absolute atomic E-state index is 13.4. The SMILES string of the molecule is Cc1nnc2cc(-c3cnc4ccc(C(=O)N5CCC(F)(F)CC5)cc4n3)ccn12. The molecule has 152 valence electrons. The number of fused-ring (bicyclic) bond motifs is 2. The molecule has 1 fully saturated rings. The number of hydrogen-bond donors (Lipinski definition) is 0. The molecular weight excluding hydrogens is 390 g/mol. The van der Waals surface area contributed by atoms with E-state index in [0.717, 1.165) is 11.4 Å². The van der Waals surface area contributed by atoms with Gasteiger partial charge in [-0.15, -0.1) is 10.2 Å². The number of amides is 1. The van der Waals surface area contributed by atoms with Crippen LogP contribution in [0.5, 0.6) is 0 Å². The number of hydrogen-bond acceptors (Lipinski definition) is 5. The lowest BCUT2D eigenvalue weighted by atomic mass is 10.1. The third-order valence-electron chi connectivity index (χ3n) is 5.45. The molecule has 0 aliphatic carbocycles. The number of aromatic nitrogens is 5. The molecule has 4 aromatic rings. The monoisotopic (exact) mass is 408 g/mol. The number of benzene rings is 1. The van der Waals surface area contributed by atoms with Crippen molar-refractivity contribution < 1.29 is 13.6 Å². The molecule has 9 heteroatoms. The molecule has 1 saturated heterocycles. The van der Waals surface area contributed by atoms with E-state index in [1.54, 1.807) is 24.4 Å². The lowest BCUT2D eigenvalue weighted by Gasteiger charge is -2.31. The smallest absolute Gasteiger partial charge is 0.253 e. The Morgan fingerprint density at radius 2 is 1.87 bits per heavy atom. The van der Waals surface area contributed by atoms with E-state index in [4.69, 9.17) is 0 Å². The molecule has 0 spiro atoms. The molecular formula is C21H18F2N6O. The second-order valence-corrected chi connectivity index (χ2v) is 7.50. The van der Waals surface area contributed by atoms with Gasteiger partial charge >= 0.3 is 0 Å². The second-order valence-electron chi connectivity index (χ2n) is 7.50. The first kappa shape index (κ1) is 18.5. The van der Waals surface area contributed by atoms with Gasteiger partial charge in [-0.2, -0.15) is 0 Å². The van der Waals surface area contributed by atoms with Gasteiger partial charge in [0.25, 0.3) is 11.8 Å². The molecule has 0 saturated carbocycles. The van der Waals surface area contributed by atoms with Crippen molar-refractivity contribution in [1.29, 1.82) is 0 Å². The first-order valence-corrected chi connectivity index (χ1v) is 9.65. The number of aryl methyl sites for hydroxylation is 1. The molecule has 1 aromatic carbocycles. The van der Waals surface area contributed by atoms with E-state index in [9.17, 15) is 13.6 Å². The van der Waals surface area contributed by atoms with Crippen molar-refractivity contribution in [2.45, 2.75) is 25.7 Å². The highest BCUT2D eigenvalue weighted by atomic mass is 19.3. The molecule has 4 heterocycles. The topological polar surface area (TPSA) is 76.3 Å². The summed E-state index contributed by atoms with van der Waals surface area (Å²) in [6, 6.07) is 8.83. The van der Waals surface area contributed by atoms with Crippen molar-refractivity contribution in [3.05, 3.63) is 54.1 Å². The van der Waals surface area contributed by atoms with Gasteiger partial charge in [0, 0.05) is 43.3 Å². The zero-order valence-corrected chi connectivity index (χ0v) is 16.2. The van der Waals surface area contributed by atoms with Gasteiger partial charge < -0.3 is 4.90 Å². The van der Waals surface area contributed by atoms with E-state index in [2.05, 4.69) is 20.2 Å². The molecule has 3 aromatic heterocycles. The maximum atomic E-state index is 13.4. The third kappa shape index (κ3) is 3.26. The summed E-state index contributed by atoms with van der Waals surface area (Å²) in [6.45, 7) is 1.97. The van der Waals surface area contributed by atoms with Crippen LogP contribution >= 0.6 is 0 Å². The van der Waals surface area contributed by atoms with Crippen LogP contribution in [-0.4, -0.2) is 54.4 Å². The van der Waals surface area contributed by atoms with Crippen LogP contribution in [0.2, 0.25) is 0 Å². The number of carbonyl (C=O) groups excluding carboxylic acids is 1. The van der Waals surface area contributed by atoms with Gasteiger partial charge in [-0.25, -0.2) is 13.8 Å². The molecule has 1 amide bonds. The molecule has 0 bridgehead atoms. The van der Waals surface area contributed by atoms with Crippen LogP contribution in [0.1, 0.15) is 29.0 Å². The van der Waals surface area contributed by atoms with Gasteiger partial charge in [0.15, 0.2) is 5.65 Å². The predicted molar refractivity (Wildman–Crippen MR) is 106 cm³/mol. The first-order valence-electron chi connectivity index (χ1n) is 9.65. The fraction of sp³-hybridized carbons (Fsp3) is 0.286. The standard InChI is InChI=1S/C21H18F2N6O/c1-13-26-27-19-11-14(4-7-29(13)19)18-12-24-16-3-2-15(10-17(16)25-18)20(30)28-8-5-21(22,23)6-9-28/h2-4,7,10-12H,5-6,8-9H2,1H3. The summed E-state index contributed by atoms with van der Waals surface area (Å²) < 4.78 is 28.7. The van der Waals surface area contributed by atoms with Gasteiger partial charge in [0.2, 0.25) is 0 Å². The van der Waals surface area contributed by atoms with Crippen molar-refractivity contribution in [1.82, 2.24) is 29.5 Å². The lowest BCUT2D eigenvalue weighted by Crippen LogP contribution is -2.42. The van der Waals surface area contributed by atoms with Crippen molar-refractivity contribution in [2.24, 2.45) is 0 Å². The first-order chi connectivity index (χ1) is 14.4. The van der Waals surface area contributed by atoms with Crippen molar-refractivity contribution >= 4 is 22.6 Å². The molecule has 30 heavy (non-hydrogen) atoms. The van der Waals surface area contributed by atoms with Crippen LogP contribution in [-0.2, 0) is 0 Å². The molecule has 1 aliphatic rings. The van der Waals surface area contributed by atoms with E-state index in [1.807, 2.05) is 29.7 Å². The highest BCUT2D eigenvalue weighted by molar-refractivity contribution is 5.97. The quantitative estimate of drug-likeness (QED) is 0.507. The third-order valence-corrected chi connectivity index (χ3v) is 5.45. The second kappa shape index (κ2) is 6.79. The minimum atomic E-state index is -2.69. The summed E-state index contributed by atoms with van der Waals surface area (Å²) in [5.41, 5.74) is 3.82. The Balaban J connectivity index is 1.47. The Bertz CT molecular complexity index is 1280. The van der Waals surface area contributed by atoms with Crippen LogP contribution < -0.4 is 0 Å². The number of alkyl halides is 2. The summed E-state index contributed by atoms with van der Waals surface area (Å²) >= 11 is 0. The zero-order valence-electron chi connectivity index (χ0n) is 16.2. The van der Waals surface area contributed by atoms with Crippen LogP contribution in [0.25, 0.3) is 27.9 Å². The molecule has 0 unspecified atom stereocenters. The Kier molecular flexibility index (Phi) is 4.19. The van der Waals surface area contributed by atoms with Gasteiger partial charge in [-0.3, -0.25) is 14.2 Å². The lowest BCUT2D eigenvalue weighted by molar-refractivity contribution is -0.0494. The highest BCUT2D eigenvalue weighted by Crippen LogP contribution is 2.29. The van der Waals surface area contributed by atoms with Gasteiger partial charge in [-0.1, -0.05) is 0 Å². The Morgan fingerprint density at radius 3 is 2.67 bits per heavy atom. The highest BCUT2D eigenvalue weighted by Gasteiger charge is 2.35. The number of piperidine rings is 1. The number of rotatable bonds is 2. The summed E-state index contributed by atoms with van der Waals surface area (Å²) in [6.07, 6.45) is 2.94. The molecule has 0 atom stereocenters. The Labute approximate surface area is 170 Å². The number of pyridine rings is 1. The van der Waals surface area contributed by atoms with Crippen LogP contribution in [0.3, 0.4) is 0 Å². The fourth-order valence-electron chi connectivity index (χ4n) is 3.67. The van der Waals surface area contributed by atoms with Crippen molar-refractivity contribution in [3.63, 3.8) is 0 Å². The van der Waals surface area contributed by atoms with Gasteiger partial charge in [0.05, 0.1) is 22.9 Å². The van der Waals surface area contributed by atoms with Gasteiger partial charge in [0.1, 0.15) is 5.82 Å². The Morgan fingerprint density at radius 1 is 1.07 bits per heavy atom. The minimum absolute atomic E-state index is 0.0490. The summed E-state index contributed by atoms with van der Waals surface area (Å²) in [7, 11) is 0. The van der Waals surface area contributed by atoms with E-state index in [1.165, 1.54) is 4.90 Å². The fourth-order valence-corrected chi connectivity index (χ4v) is 3.67. The number of halogens is 2. The molecule has 5 rings (SSSR count). The molecule has 7 nitrogen and oxygen atoms in total. The van der Waals surface area contributed by atoms with Gasteiger partial charge in [-0.05, 0) is 37.3 Å². The molecule has 0 radical (unpaired) electrons. The number of likely N-dealkylation sites (tertiary alicyclic amines) is 1. The van der Waals surface area contributed by atoms with E-state index in [0.29, 0.717) is 27.9 Å². The summed E-state index contributed by atoms with van der Waals surface area (Å²) in [4.78, 5) is 23.3. The van der Waals surface area contributed by atoms with Crippen LogP contribution in [0.15, 0.2) is 42.7 Å². The summed E-state index contributed by atoms with van der Waals surface area (Å²) in [5.74, 6) is -2.16. The number of carbonyl (C=O) groups is 1. The Hall–Kier alpha value is -3.49. The van der Waals surface area contributed by atoms with E-state index < -0.39 is 5.92 Å². The maximum Gasteiger partial charge on any atom is 0.253 e. The van der Waals surface area contributed by atoms with Crippen LogP contribution in [0.4, 0.5) is 8.78 Å². The molecule has 1 aliphatic heterocycles. The number of nitrogens with zero attached hydrogens (tertiary/aromatic N) is 6. The zero-order chi connectivity index (χ0) is 20.9. The average Bonchev–Trinajstić information content (AvgIpc) is 3.12. The van der Waals surface area contributed by atoms with E-state index >= 15 is 0 Å². The summed E-state index contributed by atoms with van der Waals surface area (Å²) in [5, 5.41) is 8.18. The average molecular weight is 408 g/mol. The van der Waals surface area contributed by atoms with E-state index in [-0.39, 0.29) is 31.8 Å². The minimum Gasteiger partial charge on any atom is -0.338 e. The van der Waals surface area contributed by atoms with Crippen molar-refractivity contribution in [3.8, 4) is 11.3 Å². The van der Waals surface area contributed by atoms with Crippen molar-refractivity contribution in [2.75, 3.05) is 13.1 Å².